The Labute approximate surface area is 122 Å². The number of hydrogen-bond acceptors (Lipinski definition) is 5. The van der Waals surface area contributed by atoms with Crippen LogP contribution in [-0.2, 0) is 5.41 Å². The molecule has 1 aliphatic heterocycles. The molecular weight excluding hydrogens is 250 g/mol. The standard InChI is InChI=1S/C15H27N5/c1-15(2,3)14-18-12(16-4)9-13(19-14)17-10-11-7-6-8-20(11)5/h9,11H,6-8,10H2,1-5H3,(H2,16,17,18,19). The van der Waals surface area contributed by atoms with Crippen LogP contribution in [0.2, 0.25) is 0 Å². The molecule has 0 saturated carbocycles. The van der Waals surface area contributed by atoms with Crippen molar-refractivity contribution in [2.75, 3.05) is 37.8 Å². The summed E-state index contributed by atoms with van der Waals surface area (Å²) in [5.41, 5.74) is -0.0482. The summed E-state index contributed by atoms with van der Waals surface area (Å²) in [6.07, 6.45) is 2.56. The van der Waals surface area contributed by atoms with Gasteiger partial charge in [0.25, 0.3) is 0 Å². The molecule has 1 aliphatic rings. The summed E-state index contributed by atoms with van der Waals surface area (Å²) >= 11 is 0. The van der Waals surface area contributed by atoms with Gasteiger partial charge in [-0.25, -0.2) is 9.97 Å². The van der Waals surface area contributed by atoms with Gasteiger partial charge < -0.3 is 15.5 Å². The average Bonchev–Trinajstić information content (AvgIpc) is 2.80. The highest BCUT2D eigenvalue weighted by molar-refractivity contribution is 5.48. The van der Waals surface area contributed by atoms with Gasteiger partial charge in [0.2, 0.25) is 0 Å². The second-order valence-electron chi connectivity index (χ2n) is 6.62. The van der Waals surface area contributed by atoms with Crippen LogP contribution in [0.3, 0.4) is 0 Å². The predicted molar refractivity (Wildman–Crippen MR) is 84.4 cm³/mol. The van der Waals surface area contributed by atoms with Crippen molar-refractivity contribution in [1.29, 1.82) is 0 Å². The lowest BCUT2D eigenvalue weighted by Crippen LogP contribution is -2.32. The largest absolute Gasteiger partial charge is 0.373 e. The Kier molecular flexibility index (Phi) is 4.48. The molecule has 0 bridgehead atoms. The van der Waals surface area contributed by atoms with Crippen molar-refractivity contribution in [3.8, 4) is 0 Å². The Bertz CT molecular complexity index is 452. The third kappa shape index (κ3) is 3.60. The van der Waals surface area contributed by atoms with Crippen molar-refractivity contribution in [3.05, 3.63) is 11.9 Å². The van der Waals surface area contributed by atoms with E-state index in [2.05, 4.69) is 53.3 Å². The van der Waals surface area contributed by atoms with Crippen molar-refractivity contribution in [2.24, 2.45) is 0 Å². The predicted octanol–water partition coefficient (Wildman–Crippen LogP) is 2.32. The zero-order valence-electron chi connectivity index (χ0n) is 13.3. The van der Waals surface area contributed by atoms with Gasteiger partial charge in [-0.05, 0) is 26.4 Å². The smallest absolute Gasteiger partial charge is 0.138 e. The van der Waals surface area contributed by atoms with Crippen LogP contribution in [0.4, 0.5) is 11.6 Å². The van der Waals surface area contributed by atoms with Gasteiger partial charge in [-0.15, -0.1) is 0 Å². The molecule has 2 rings (SSSR count). The Morgan fingerprint density at radius 2 is 2.00 bits per heavy atom. The van der Waals surface area contributed by atoms with Crippen molar-refractivity contribution < 1.29 is 0 Å². The van der Waals surface area contributed by atoms with E-state index in [1.165, 1.54) is 19.4 Å². The highest BCUT2D eigenvalue weighted by atomic mass is 15.2. The number of likely N-dealkylation sites (N-methyl/N-ethyl adjacent to an activating group) is 1. The molecule has 5 heteroatoms. The molecule has 2 N–H and O–H groups in total. The van der Waals surface area contributed by atoms with Crippen LogP contribution in [0.5, 0.6) is 0 Å². The van der Waals surface area contributed by atoms with E-state index in [0.29, 0.717) is 6.04 Å². The fourth-order valence-corrected chi connectivity index (χ4v) is 2.46. The topological polar surface area (TPSA) is 53.1 Å². The summed E-state index contributed by atoms with van der Waals surface area (Å²) in [6.45, 7) is 8.55. The van der Waals surface area contributed by atoms with E-state index in [1.807, 2.05) is 13.1 Å². The van der Waals surface area contributed by atoms with E-state index < -0.39 is 0 Å². The number of likely N-dealkylation sites (tertiary alicyclic amines) is 1. The number of nitrogens with one attached hydrogen (secondary N) is 2. The van der Waals surface area contributed by atoms with E-state index >= 15 is 0 Å². The summed E-state index contributed by atoms with van der Waals surface area (Å²) in [5, 5.41) is 6.59. The molecule has 0 aliphatic carbocycles. The third-order valence-corrected chi connectivity index (χ3v) is 3.84. The first-order valence-electron chi connectivity index (χ1n) is 7.41. The highest BCUT2D eigenvalue weighted by Gasteiger charge is 2.22. The SMILES string of the molecule is CNc1cc(NCC2CCCN2C)nc(C(C)(C)C)n1. The van der Waals surface area contributed by atoms with Gasteiger partial charge in [0.05, 0.1) is 0 Å². The van der Waals surface area contributed by atoms with Crippen LogP contribution in [-0.4, -0.2) is 48.1 Å². The second-order valence-corrected chi connectivity index (χ2v) is 6.62. The van der Waals surface area contributed by atoms with Crippen molar-refractivity contribution >= 4 is 11.6 Å². The summed E-state index contributed by atoms with van der Waals surface area (Å²) < 4.78 is 0. The van der Waals surface area contributed by atoms with Gasteiger partial charge in [0.15, 0.2) is 0 Å². The molecule has 1 unspecified atom stereocenters. The molecule has 5 nitrogen and oxygen atoms in total. The lowest BCUT2D eigenvalue weighted by Gasteiger charge is -2.22. The lowest BCUT2D eigenvalue weighted by atomic mass is 9.96. The maximum atomic E-state index is 4.66. The summed E-state index contributed by atoms with van der Waals surface area (Å²) in [7, 11) is 4.09. The molecule has 0 spiro atoms. The number of hydrogen-bond donors (Lipinski definition) is 2. The number of rotatable bonds is 4. The molecular formula is C15H27N5. The molecule has 1 fully saturated rings. The Balaban J connectivity index is 2.10. The molecule has 0 radical (unpaired) electrons. The maximum Gasteiger partial charge on any atom is 0.138 e. The summed E-state index contributed by atoms with van der Waals surface area (Å²) in [4.78, 5) is 11.6. The molecule has 112 valence electrons. The first-order chi connectivity index (χ1) is 9.40. The van der Waals surface area contributed by atoms with Gasteiger partial charge in [0.1, 0.15) is 17.5 Å². The minimum Gasteiger partial charge on any atom is -0.373 e. The summed E-state index contributed by atoms with van der Waals surface area (Å²) in [6, 6.07) is 2.59. The first-order valence-corrected chi connectivity index (χ1v) is 7.41. The fraction of sp³-hybridized carbons (Fsp3) is 0.733. The molecule has 1 aromatic rings. The summed E-state index contributed by atoms with van der Waals surface area (Å²) in [5.74, 6) is 2.65. The van der Waals surface area contributed by atoms with Gasteiger partial charge in [-0.1, -0.05) is 20.8 Å². The van der Waals surface area contributed by atoms with Gasteiger partial charge >= 0.3 is 0 Å². The molecule has 20 heavy (non-hydrogen) atoms. The number of nitrogens with zero attached hydrogens (tertiary/aromatic N) is 3. The van der Waals surface area contributed by atoms with Crippen molar-refractivity contribution in [3.63, 3.8) is 0 Å². The zero-order chi connectivity index (χ0) is 14.8. The highest BCUT2D eigenvalue weighted by Crippen LogP contribution is 2.22. The van der Waals surface area contributed by atoms with Gasteiger partial charge in [-0.2, -0.15) is 0 Å². The van der Waals surface area contributed by atoms with Crippen LogP contribution in [0, 0.1) is 0 Å². The molecule has 1 aromatic heterocycles. The molecule has 2 heterocycles. The lowest BCUT2D eigenvalue weighted by molar-refractivity contribution is 0.322. The van der Waals surface area contributed by atoms with Crippen LogP contribution >= 0.6 is 0 Å². The van der Waals surface area contributed by atoms with Crippen molar-refractivity contribution in [2.45, 2.75) is 45.1 Å². The van der Waals surface area contributed by atoms with E-state index in [9.17, 15) is 0 Å². The van der Waals surface area contributed by atoms with Crippen molar-refractivity contribution in [1.82, 2.24) is 14.9 Å². The van der Waals surface area contributed by atoms with Crippen LogP contribution in [0.1, 0.15) is 39.4 Å². The van der Waals surface area contributed by atoms with Crippen LogP contribution in [0.25, 0.3) is 0 Å². The van der Waals surface area contributed by atoms with Crippen LogP contribution in [0.15, 0.2) is 6.07 Å². The second kappa shape index (κ2) is 5.95. The van der Waals surface area contributed by atoms with E-state index in [0.717, 1.165) is 24.0 Å². The Morgan fingerprint density at radius 1 is 1.30 bits per heavy atom. The van der Waals surface area contributed by atoms with Gasteiger partial charge in [0, 0.05) is 31.1 Å². The quantitative estimate of drug-likeness (QED) is 0.884. The molecule has 0 amide bonds. The maximum absolute atomic E-state index is 4.66. The van der Waals surface area contributed by atoms with Crippen LogP contribution < -0.4 is 10.6 Å². The van der Waals surface area contributed by atoms with Gasteiger partial charge in [-0.3, -0.25) is 0 Å². The molecule has 0 aromatic carbocycles. The normalized spacial score (nSPS) is 20.1. The van der Waals surface area contributed by atoms with E-state index in [4.69, 9.17) is 0 Å². The third-order valence-electron chi connectivity index (χ3n) is 3.84. The molecule has 1 saturated heterocycles. The Hall–Kier alpha value is -1.36. The zero-order valence-corrected chi connectivity index (χ0v) is 13.3. The minimum atomic E-state index is -0.0482. The van der Waals surface area contributed by atoms with E-state index in [1.54, 1.807) is 0 Å². The monoisotopic (exact) mass is 277 g/mol. The van der Waals surface area contributed by atoms with E-state index in [-0.39, 0.29) is 5.41 Å². The Morgan fingerprint density at radius 3 is 2.55 bits per heavy atom. The average molecular weight is 277 g/mol. The number of anilines is 2. The minimum absolute atomic E-state index is 0.0482. The number of aromatic nitrogens is 2. The first kappa shape index (κ1) is 15.0. The molecule has 1 atom stereocenters. The fourth-order valence-electron chi connectivity index (χ4n) is 2.46.